The van der Waals surface area contributed by atoms with E-state index in [1.165, 1.54) is 64.3 Å². The molecule has 5 aliphatic rings. The summed E-state index contributed by atoms with van der Waals surface area (Å²) < 4.78 is 0. The molecule has 8 unspecified atom stereocenters. The van der Waals surface area contributed by atoms with Gasteiger partial charge in [0.25, 0.3) is 0 Å². The van der Waals surface area contributed by atoms with E-state index in [1.807, 2.05) is 5.57 Å². The Morgan fingerprint density at radius 1 is 1.09 bits per heavy atom. The third kappa shape index (κ3) is 4.02. The lowest BCUT2D eigenvalue weighted by Gasteiger charge is -2.58. The Hall–Kier alpha value is -0.860. The largest absolute Gasteiger partial charge is 0.317 e. The van der Waals surface area contributed by atoms with Crippen LogP contribution < -0.4 is 5.32 Å². The SMILES string of the molecule is CNC1CCC2(C)C(CC=C3C2CCC2(C)C3CCC2C(C)C=CC2=C(C)CN(C)CC2)C1. The lowest BCUT2D eigenvalue weighted by molar-refractivity contribution is -0.0117. The van der Waals surface area contributed by atoms with Crippen LogP contribution in [0, 0.1) is 40.4 Å². The van der Waals surface area contributed by atoms with Gasteiger partial charge in [-0.05, 0) is 125 Å². The normalized spacial score (nSPS) is 44.9. The predicted molar refractivity (Wildman–Crippen MR) is 141 cm³/mol. The molecule has 0 radical (unpaired) electrons. The summed E-state index contributed by atoms with van der Waals surface area (Å²) in [6.07, 6.45) is 20.4. The zero-order chi connectivity index (χ0) is 23.4. The van der Waals surface area contributed by atoms with Crippen LogP contribution in [-0.4, -0.2) is 38.1 Å². The van der Waals surface area contributed by atoms with Crippen molar-refractivity contribution in [3.8, 4) is 0 Å². The minimum absolute atomic E-state index is 0.508. The fourth-order valence-corrected chi connectivity index (χ4v) is 9.42. The highest BCUT2D eigenvalue weighted by atomic mass is 15.1. The van der Waals surface area contributed by atoms with E-state index in [2.05, 4.69) is 70.2 Å². The Morgan fingerprint density at radius 2 is 1.85 bits per heavy atom. The zero-order valence-corrected chi connectivity index (χ0v) is 22.4. The monoisotopic (exact) mass is 450 g/mol. The Kier molecular flexibility index (Phi) is 6.49. The Labute approximate surface area is 204 Å². The first-order chi connectivity index (χ1) is 15.8. The first-order valence-electron chi connectivity index (χ1n) is 14.2. The van der Waals surface area contributed by atoms with E-state index in [-0.39, 0.29) is 0 Å². The molecule has 0 aromatic carbocycles. The number of allylic oxidation sites excluding steroid dienone is 4. The summed E-state index contributed by atoms with van der Waals surface area (Å²) in [5.74, 6) is 4.14. The van der Waals surface area contributed by atoms with E-state index < -0.39 is 0 Å². The van der Waals surface area contributed by atoms with E-state index in [0.717, 1.165) is 36.3 Å². The summed E-state index contributed by atoms with van der Waals surface area (Å²) in [4.78, 5) is 2.45. The second-order valence-corrected chi connectivity index (χ2v) is 13.2. The first-order valence-corrected chi connectivity index (χ1v) is 14.2. The molecular formula is C31H50N2. The van der Waals surface area contributed by atoms with Gasteiger partial charge in [0.2, 0.25) is 0 Å². The van der Waals surface area contributed by atoms with Gasteiger partial charge in [0, 0.05) is 19.1 Å². The molecule has 1 heterocycles. The molecule has 0 saturated heterocycles. The highest BCUT2D eigenvalue weighted by Gasteiger charge is 2.57. The third-order valence-corrected chi connectivity index (χ3v) is 11.6. The fourth-order valence-electron chi connectivity index (χ4n) is 9.42. The van der Waals surface area contributed by atoms with Crippen molar-refractivity contribution in [1.29, 1.82) is 0 Å². The van der Waals surface area contributed by atoms with Crippen LogP contribution in [0.25, 0.3) is 0 Å². The van der Waals surface area contributed by atoms with Crippen LogP contribution in [-0.2, 0) is 0 Å². The highest BCUT2D eigenvalue weighted by molar-refractivity contribution is 5.30. The maximum absolute atomic E-state index is 3.60. The third-order valence-electron chi connectivity index (χ3n) is 11.6. The average Bonchev–Trinajstić information content (AvgIpc) is 3.15. The Balaban J connectivity index is 1.33. The number of likely N-dealkylation sites (N-methyl/N-ethyl adjacent to an activating group) is 1. The second kappa shape index (κ2) is 8.98. The first kappa shape index (κ1) is 23.9. The van der Waals surface area contributed by atoms with E-state index in [4.69, 9.17) is 0 Å². The van der Waals surface area contributed by atoms with Crippen LogP contribution >= 0.6 is 0 Å². The van der Waals surface area contributed by atoms with E-state index in [0.29, 0.717) is 16.7 Å². The van der Waals surface area contributed by atoms with Crippen molar-refractivity contribution in [1.82, 2.24) is 10.2 Å². The number of fused-ring (bicyclic) bond motifs is 5. The van der Waals surface area contributed by atoms with Crippen LogP contribution in [0.15, 0.2) is 34.9 Å². The molecular weight excluding hydrogens is 400 g/mol. The van der Waals surface area contributed by atoms with Crippen molar-refractivity contribution in [2.45, 2.75) is 91.5 Å². The maximum atomic E-state index is 3.60. The summed E-state index contributed by atoms with van der Waals surface area (Å²) in [5.41, 5.74) is 6.16. The van der Waals surface area contributed by atoms with Crippen molar-refractivity contribution in [2.75, 3.05) is 27.2 Å². The van der Waals surface area contributed by atoms with Crippen molar-refractivity contribution >= 4 is 0 Å². The molecule has 8 atom stereocenters. The molecule has 33 heavy (non-hydrogen) atoms. The number of hydrogen-bond acceptors (Lipinski definition) is 2. The molecule has 1 N–H and O–H groups in total. The zero-order valence-electron chi connectivity index (χ0n) is 22.4. The van der Waals surface area contributed by atoms with Crippen molar-refractivity contribution < 1.29 is 0 Å². The number of nitrogens with one attached hydrogen (secondary N) is 1. The molecule has 184 valence electrons. The number of nitrogens with zero attached hydrogens (tertiary/aromatic N) is 1. The van der Waals surface area contributed by atoms with Gasteiger partial charge in [0.15, 0.2) is 0 Å². The van der Waals surface area contributed by atoms with Gasteiger partial charge in [0.05, 0.1) is 0 Å². The summed E-state index contributed by atoms with van der Waals surface area (Å²) in [5, 5.41) is 3.60. The van der Waals surface area contributed by atoms with Gasteiger partial charge >= 0.3 is 0 Å². The summed E-state index contributed by atoms with van der Waals surface area (Å²) >= 11 is 0. The lowest BCUT2D eigenvalue weighted by atomic mass is 9.47. The van der Waals surface area contributed by atoms with Crippen LogP contribution in [0.1, 0.15) is 85.5 Å². The second-order valence-electron chi connectivity index (χ2n) is 13.2. The van der Waals surface area contributed by atoms with Crippen molar-refractivity contribution in [3.05, 3.63) is 34.9 Å². The summed E-state index contributed by atoms with van der Waals surface area (Å²) in [6, 6.07) is 0.749. The maximum Gasteiger partial charge on any atom is 0.0193 e. The van der Waals surface area contributed by atoms with Crippen molar-refractivity contribution in [3.63, 3.8) is 0 Å². The predicted octanol–water partition coefficient (Wildman–Crippen LogP) is 7.00. The van der Waals surface area contributed by atoms with Gasteiger partial charge in [-0.1, -0.05) is 50.1 Å². The summed E-state index contributed by atoms with van der Waals surface area (Å²) in [7, 11) is 4.42. The molecule has 2 heteroatoms. The van der Waals surface area contributed by atoms with Gasteiger partial charge in [0.1, 0.15) is 0 Å². The van der Waals surface area contributed by atoms with Gasteiger partial charge in [-0.25, -0.2) is 0 Å². The van der Waals surface area contributed by atoms with Crippen molar-refractivity contribution in [2.24, 2.45) is 40.4 Å². The molecule has 0 aromatic heterocycles. The van der Waals surface area contributed by atoms with Gasteiger partial charge in [-0.3, -0.25) is 0 Å². The van der Waals surface area contributed by atoms with Gasteiger partial charge in [-0.15, -0.1) is 0 Å². The molecule has 0 aromatic rings. The molecule has 3 saturated carbocycles. The van der Waals surface area contributed by atoms with Crippen LogP contribution in [0.5, 0.6) is 0 Å². The lowest BCUT2D eigenvalue weighted by Crippen LogP contribution is -2.51. The van der Waals surface area contributed by atoms with E-state index in [1.54, 1.807) is 11.1 Å². The molecule has 3 fully saturated rings. The Bertz CT molecular complexity index is 836. The topological polar surface area (TPSA) is 15.3 Å². The number of hydrogen-bond donors (Lipinski definition) is 1. The minimum atomic E-state index is 0.508. The molecule has 0 spiro atoms. The summed E-state index contributed by atoms with van der Waals surface area (Å²) in [6.45, 7) is 12.6. The minimum Gasteiger partial charge on any atom is -0.317 e. The van der Waals surface area contributed by atoms with Crippen LogP contribution in [0.2, 0.25) is 0 Å². The van der Waals surface area contributed by atoms with E-state index in [9.17, 15) is 0 Å². The molecule has 5 rings (SSSR count). The fraction of sp³-hybridized carbons (Fsp3) is 0.806. The highest BCUT2D eigenvalue weighted by Crippen LogP contribution is 2.66. The van der Waals surface area contributed by atoms with Gasteiger partial charge in [-0.2, -0.15) is 0 Å². The average molecular weight is 451 g/mol. The molecule has 1 aliphatic heterocycles. The smallest absolute Gasteiger partial charge is 0.0193 e. The van der Waals surface area contributed by atoms with Gasteiger partial charge < -0.3 is 10.2 Å². The van der Waals surface area contributed by atoms with Crippen LogP contribution in [0.4, 0.5) is 0 Å². The standard InChI is InChI=1S/C31H50N2/c1-21(7-8-23-15-18-33(6)20-22(23)2)27-11-12-28-26-10-9-24-19-25(32-5)13-16-30(24,3)29(26)14-17-31(27,28)4/h7-8,10,21,24-25,27-29,32H,9,11-20H2,1-6H3. The molecule has 0 amide bonds. The Morgan fingerprint density at radius 3 is 2.61 bits per heavy atom. The molecule has 4 aliphatic carbocycles. The van der Waals surface area contributed by atoms with E-state index >= 15 is 0 Å². The molecule has 2 nitrogen and oxygen atoms in total. The quantitative estimate of drug-likeness (QED) is 0.464. The van der Waals surface area contributed by atoms with Crippen LogP contribution in [0.3, 0.4) is 0 Å². The molecule has 0 bridgehead atoms. The number of rotatable bonds is 4.